The summed E-state index contributed by atoms with van der Waals surface area (Å²) in [6.45, 7) is 0. The van der Waals surface area contributed by atoms with Crippen molar-refractivity contribution in [2.75, 3.05) is 5.73 Å². The smallest absolute Gasteiger partial charge is 0.189 e. The van der Waals surface area contributed by atoms with E-state index in [1.54, 1.807) is 0 Å². The van der Waals surface area contributed by atoms with E-state index in [2.05, 4.69) is 20.5 Å². The van der Waals surface area contributed by atoms with Crippen LogP contribution < -0.4 is 11.2 Å². The average molecular weight is 260 g/mol. The summed E-state index contributed by atoms with van der Waals surface area (Å²) >= 11 is 2.05. The standard InChI is InChI=1S/C5H3IN5/c6-3-2-4(7)8-1-9-5(2)11-10-3/h1H,(H2,7,8,9). The molecule has 2 heterocycles. The lowest BCUT2D eigenvalue weighted by Gasteiger charge is -1.96. The molecule has 11 heavy (non-hydrogen) atoms. The van der Waals surface area contributed by atoms with E-state index in [9.17, 15) is 0 Å². The molecule has 1 aliphatic rings. The quantitative estimate of drug-likeness (QED) is 0.686. The number of hydrogen-bond acceptors (Lipinski definition) is 4. The van der Waals surface area contributed by atoms with E-state index < -0.39 is 0 Å². The molecule has 0 spiro atoms. The highest BCUT2D eigenvalue weighted by atomic mass is 127. The summed E-state index contributed by atoms with van der Waals surface area (Å²) in [6, 6.07) is 0. The predicted octanol–water partition coefficient (Wildman–Crippen LogP) is 0.405. The van der Waals surface area contributed by atoms with Crippen LogP contribution in [0.25, 0.3) is 0 Å². The van der Waals surface area contributed by atoms with Gasteiger partial charge in [0.05, 0.1) is 5.56 Å². The van der Waals surface area contributed by atoms with Crippen LogP contribution in [0.4, 0.5) is 11.6 Å². The summed E-state index contributed by atoms with van der Waals surface area (Å²) in [5.74, 6) is 0.992. The van der Waals surface area contributed by atoms with Gasteiger partial charge in [-0.05, 0) is 22.6 Å². The minimum Gasteiger partial charge on any atom is -0.383 e. The highest BCUT2D eigenvalue weighted by Gasteiger charge is 2.19. The molecule has 0 saturated heterocycles. The number of fused-ring (bicyclic) bond motifs is 1. The minimum atomic E-state index is 0.435. The number of rotatable bonds is 0. The van der Waals surface area contributed by atoms with Crippen molar-refractivity contribution in [3.05, 3.63) is 11.9 Å². The Kier molecular flexibility index (Phi) is 1.41. The zero-order chi connectivity index (χ0) is 7.84. The van der Waals surface area contributed by atoms with Crippen LogP contribution in [0.5, 0.6) is 0 Å². The molecule has 0 unspecified atom stereocenters. The molecule has 0 aliphatic carbocycles. The Hall–Kier alpha value is -0.920. The minimum absolute atomic E-state index is 0.435. The fraction of sp³-hybridized carbons (Fsp3) is 0. The lowest BCUT2D eigenvalue weighted by atomic mass is 10.3. The molecule has 0 bridgehead atoms. The van der Waals surface area contributed by atoms with Crippen molar-refractivity contribution in [1.82, 2.24) is 15.4 Å². The van der Waals surface area contributed by atoms with Gasteiger partial charge in [0.2, 0.25) is 0 Å². The van der Waals surface area contributed by atoms with Crippen LogP contribution in [0.1, 0.15) is 5.56 Å². The van der Waals surface area contributed by atoms with Crippen LogP contribution in [0.2, 0.25) is 0 Å². The second-order valence-corrected chi connectivity index (χ2v) is 2.97. The molecule has 0 atom stereocenters. The largest absolute Gasteiger partial charge is 0.383 e. The van der Waals surface area contributed by atoms with Crippen molar-refractivity contribution in [2.24, 2.45) is 5.10 Å². The maximum Gasteiger partial charge on any atom is 0.189 e. The van der Waals surface area contributed by atoms with Gasteiger partial charge in [0.15, 0.2) is 5.82 Å². The molecule has 1 aromatic heterocycles. The van der Waals surface area contributed by atoms with Gasteiger partial charge in [-0.3, -0.25) is 0 Å². The maximum absolute atomic E-state index is 5.57. The summed E-state index contributed by atoms with van der Waals surface area (Å²) < 4.78 is 0.746. The fourth-order valence-corrected chi connectivity index (χ4v) is 1.43. The van der Waals surface area contributed by atoms with Crippen LogP contribution in [-0.4, -0.2) is 13.7 Å². The van der Waals surface area contributed by atoms with Crippen molar-refractivity contribution in [3.63, 3.8) is 0 Å². The number of aromatic nitrogens is 2. The Balaban J connectivity index is 2.67. The third-order valence-electron chi connectivity index (χ3n) is 1.30. The predicted molar refractivity (Wildman–Crippen MR) is 48.8 cm³/mol. The van der Waals surface area contributed by atoms with Gasteiger partial charge < -0.3 is 5.73 Å². The first-order valence-electron chi connectivity index (χ1n) is 2.84. The van der Waals surface area contributed by atoms with Gasteiger partial charge >= 0.3 is 0 Å². The highest BCUT2D eigenvalue weighted by molar-refractivity contribution is 14.1. The Labute approximate surface area is 76.2 Å². The van der Waals surface area contributed by atoms with Gasteiger partial charge in [-0.2, -0.15) is 0 Å². The van der Waals surface area contributed by atoms with Crippen molar-refractivity contribution < 1.29 is 0 Å². The molecular weight excluding hydrogens is 257 g/mol. The molecule has 1 aromatic rings. The molecule has 0 amide bonds. The first-order chi connectivity index (χ1) is 5.29. The van der Waals surface area contributed by atoms with E-state index in [4.69, 9.17) is 5.73 Å². The molecule has 1 aliphatic heterocycles. The molecule has 0 saturated carbocycles. The SMILES string of the molecule is Nc1ncnc2c1C(I)=N[N]2. The number of anilines is 1. The van der Waals surface area contributed by atoms with E-state index in [0.29, 0.717) is 11.6 Å². The second-order valence-electron chi connectivity index (χ2n) is 1.95. The fourth-order valence-electron chi connectivity index (χ4n) is 0.804. The molecular formula is C5H3IN5. The Morgan fingerprint density at radius 3 is 2.91 bits per heavy atom. The lowest BCUT2D eigenvalue weighted by molar-refractivity contribution is 0.940. The Morgan fingerprint density at radius 1 is 1.36 bits per heavy atom. The normalized spacial score (nSPS) is 13.7. The van der Waals surface area contributed by atoms with Crippen LogP contribution >= 0.6 is 22.6 Å². The Bertz CT molecular complexity index is 334. The average Bonchev–Trinajstić information content (AvgIpc) is 2.34. The van der Waals surface area contributed by atoms with Gasteiger partial charge in [0.25, 0.3) is 0 Å². The maximum atomic E-state index is 5.57. The third kappa shape index (κ3) is 0.934. The van der Waals surface area contributed by atoms with Gasteiger partial charge in [-0.1, -0.05) is 0 Å². The molecule has 6 heteroatoms. The number of hydrogen-bond donors (Lipinski definition) is 1. The van der Waals surface area contributed by atoms with Gasteiger partial charge in [-0.25, -0.2) is 9.97 Å². The van der Waals surface area contributed by atoms with Crippen LogP contribution in [-0.2, 0) is 0 Å². The van der Waals surface area contributed by atoms with Crippen LogP contribution in [0.15, 0.2) is 11.4 Å². The lowest BCUT2D eigenvalue weighted by Crippen LogP contribution is -2.00. The zero-order valence-corrected chi connectivity index (χ0v) is 7.48. The van der Waals surface area contributed by atoms with Crippen molar-refractivity contribution in [2.45, 2.75) is 0 Å². The van der Waals surface area contributed by atoms with Crippen molar-refractivity contribution >= 4 is 37.9 Å². The van der Waals surface area contributed by atoms with E-state index in [1.165, 1.54) is 6.33 Å². The summed E-state index contributed by atoms with van der Waals surface area (Å²) in [5.41, 5.74) is 10.1. The third-order valence-corrected chi connectivity index (χ3v) is 2.05. The second kappa shape index (κ2) is 2.29. The molecule has 1 radical (unpaired) electrons. The Morgan fingerprint density at radius 2 is 2.18 bits per heavy atom. The number of nitrogens with zero attached hydrogens (tertiary/aromatic N) is 4. The highest BCUT2D eigenvalue weighted by Crippen LogP contribution is 2.25. The van der Waals surface area contributed by atoms with Gasteiger partial charge in [0, 0.05) is 0 Å². The molecule has 0 aromatic carbocycles. The number of nitrogens with two attached hydrogens (primary N) is 1. The monoisotopic (exact) mass is 260 g/mol. The van der Waals surface area contributed by atoms with E-state index in [0.717, 1.165) is 9.28 Å². The number of nitrogen functional groups attached to an aromatic ring is 1. The van der Waals surface area contributed by atoms with Crippen LogP contribution in [0.3, 0.4) is 0 Å². The van der Waals surface area contributed by atoms with E-state index >= 15 is 0 Å². The molecule has 2 rings (SSSR count). The summed E-state index contributed by atoms with van der Waals surface area (Å²) in [4.78, 5) is 7.72. The first kappa shape index (κ1) is 6.77. The van der Waals surface area contributed by atoms with Crippen molar-refractivity contribution in [3.8, 4) is 0 Å². The van der Waals surface area contributed by atoms with Crippen molar-refractivity contribution in [1.29, 1.82) is 0 Å². The van der Waals surface area contributed by atoms with Gasteiger partial charge in [-0.15, -0.1) is 10.5 Å². The van der Waals surface area contributed by atoms with E-state index in [-0.39, 0.29) is 0 Å². The topological polar surface area (TPSA) is 78.3 Å². The molecule has 5 nitrogen and oxygen atoms in total. The molecule has 55 valence electrons. The molecule has 2 N–H and O–H groups in total. The summed E-state index contributed by atoms with van der Waals surface area (Å²) in [6.07, 6.45) is 1.38. The van der Waals surface area contributed by atoms with Crippen LogP contribution in [0, 0.1) is 0 Å². The summed E-state index contributed by atoms with van der Waals surface area (Å²) in [7, 11) is 0. The first-order valence-corrected chi connectivity index (χ1v) is 3.92. The zero-order valence-electron chi connectivity index (χ0n) is 5.32. The number of halogens is 1. The summed E-state index contributed by atoms with van der Waals surface area (Å²) in [5, 5.41) is 3.81. The molecule has 0 fully saturated rings. The van der Waals surface area contributed by atoms with Gasteiger partial charge in [0.1, 0.15) is 15.9 Å². The van der Waals surface area contributed by atoms with E-state index in [1.807, 2.05) is 22.6 Å².